The molecule has 4 nitrogen and oxygen atoms in total. The fourth-order valence-corrected chi connectivity index (χ4v) is 4.11. The van der Waals surface area contributed by atoms with Gasteiger partial charge in [0.2, 0.25) is 0 Å². The molecule has 0 aromatic heterocycles. The van der Waals surface area contributed by atoms with E-state index in [0.717, 1.165) is 37.9 Å². The van der Waals surface area contributed by atoms with E-state index in [0.29, 0.717) is 26.9 Å². The van der Waals surface area contributed by atoms with E-state index in [-0.39, 0.29) is 18.4 Å². The Labute approximate surface area is 174 Å². The van der Waals surface area contributed by atoms with Crippen LogP contribution in [0.25, 0.3) is 5.57 Å². The summed E-state index contributed by atoms with van der Waals surface area (Å²) in [4.78, 5) is 30.0. The predicted molar refractivity (Wildman–Crippen MR) is 111 cm³/mol. The molecular formula is C22H20Cl2N2O2. The lowest BCUT2D eigenvalue weighted by Gasteiger charge is -2.29. The van der Waals surface area contributed by atoms with Gasteiger partial charge in [-0.2, -0.15) is 0 Å². The van der Waals surface area contributed by atoms with E-state index in [4.69, 9.17) is 23.2 Å². The Balaban J connectivity index is 1.74. The number of carbonyl (C=O) groups excluding carboxylic acids is 2. The van der Waals surface area contributed by atoms with Gasteiger partial charge in [-0.15, -0.1) is 0 Å². The molecule has 1 fully saturated rings. The van der Waals surface area contributed by atoms with Crippen LogP contribution in [0, 0.1) is 0 Å². The summed E-state index contributed by atoms with van der Waals surface area (Å²) in [5, 5.41) is 1.14. The summed E-state index contributed by atoms with van der Waals surface area (Å²) >= 11 is 12.3. The van der Waals surface area contributed by atoms with E-state index in [9.17, 15) is 9.59 Å². The maximum absolute atomic E-state index is 13.3. The number of nitrogens with zero attached hydrogens (tertiary/aromatic N) is 2. The summed E-state index contributed by atoms with van der Waals surface area (Å²) in [7, 11) is 0. The van der Waals surface area contributed by atoms with Crippen molar-refractivity contribution in [2.24, 2.45) is 0 Å². The Morgan fingerprint density at radius 3 is 2.18 bits per heavy atom. The van der Waals surface area contributed by atoms with Crippen molar-refractivity contribution in [3.05, 3.63) is 75.4 Å². The lowest BCUT2D eigenvalue weighted by atomic mass is 10.0. The quantitative estimate of drug-likeness (QED) is 0.677. The van der Waals surface area contributed by atoms with Crippen molar-refractivity contribution in [1.29, 1.82) is 0 Å². The van der Waals surface area contributed by atoms with E-state index >= 15 is 0 Å². The summed E-state index contributed by atoms with van der Waals surface area (Å²) in [6.45, 7) is 1.72. The molecule has 2 amide bonds. The fraction of sp³-hybridized carbons (Fsp3) is 0.273. The lowest BCUT2D eigenvalue weighted by Crippen LogP contribution is -2.36. The molecule has 0 spiro atoms. The molecule has 0 aliphatic carbocycles. The van der Waals surface area contributed by atoms with Crippen LogP contribution in [-0.2, 0) is 16.1 Å². The van der Waals surface area contributed by atoms with Crippen LogP contribution < -0.4 is 0 Å². The molecule has 0 unspecified atom stereocenters. The Hall–Kier alpha value is -2.30. The van der Waals surface area contributed by atoms with Crippen molar-refractivity contribution in [1.82, 2.24) is 9.80 Å². The molecule has 6 heteroatoms. The van der Waals surface area contributed by atoms with Gasteiger partial charge in [0.25, 0.3) is 11.8 Å². The van der Waals surface area contributed by atoms with E-state index in [1.807, 2.05) is 18.2 Å². The van der Waals surface area contributed by atoms with Gasteiger partial charge in [-0.05, 0) is 48.6 Å². The first-order valence-corrected chi connectivity index (χ1v) is 10.2. The van der Waals surface area contributed by atoms with Gasteiger partial charge in [-0.25, -0.2) is 0 Å². The number of halogens is 2. The average molecular weight is 415 g/mol. The van der Waals surface area contributed by atoms with E-state index in [1.165, 1.54) is 4.90 Å². The number of imide groups is 1. The summed E-state index contributed by atoms with van der Waals surface area (Å²) in [5.74, 6) is -0.537. The fourth-order valence-electron chi connectivity index (χ4n) is 3.79. The zero-order valence-corrected chi connectivity index (χ0v) is 16.8. The predicted octanol–water partition coefficient (Wildman–Crippen LogP) is 4.76. The van der Waals surface area contributed by atoms with Crippen LogP contribution in [0.4, 0.5) is 0 Å². The highest BCUT2D eigenvalue weighted by Gasteiger charge is 2.41. The number of carbonyl (C=O) groups is 2. The van der Waals surface area contributed by atoms with Crippen LogP contribution in [0.1, 0.15) is 30.4 Å². The second kappa shape index (κ2) is 7.98. The number of benzene rings is 2. The first kappa shape index (κ1) is 19.0. The van der Waals surface area contributed by atoms with Gasteiger partial charge in [-0.3, -0.25) is 14.5 Å². The summed E-state index contributed by atoms with van der Waals surface area (Å²) in [5.41, 5.74) is 2.42. The highest BCUT2D eigenvalue weighted by atomic mass is 35.5. The van der Waals surface area contributed by atoms with E-state index < -0.39 is 0 Å². The van der Waals surface area contributed by atoms with Gasteiger partial charge in [0.1, 0.15) is 5.70 Å². The summed E-state index contributed by atoms with van der Waals surface area (Å²) in [6.07, 6.45) is 3.18. The maximum Gasteiger partial charge on any atom is 0.278 e. The van der Waals surface area contributed by atoms with Gasteiger partial charge in [0.15, 0.2) is 0 Å². The third kappa shape index (κ3) is 3.54. The molecule has 4 rings (SSSR count). The monoisotopic (exact) mass is 414 g/mol. The third-order valence-corrected chi connectivity index (χ3v) is 5.86. The van der Waals surface area contributed by atoms with Crippen molar-refractivity contribution in [3.8, 4) is 0 Å². The molecule has 144 valence electrons. The zero-order valence-electron chi connectivity index (χ0n) is 15.3. The standard InChI is InChI=1S/C22H20Cl2N2O2/c23-17-10-8-15(9-11-17)19-20(25-12-4-1-5-13-25)22(28)26(21(19)27)14-16-6-2-3-7-18(16)24/h2-3,6-11H,1,4-5,12-14H2. The van der Waals surface area contributed by atoms with Gasteiger partial charge in [-0.1, -0.05) is 53.5 Å². The molecule has 2 aliphatic rings. The molecule has 2 aromatic carbocycles. The van der Waals surface area contributed by atoms with E-state index in [1.54, 1.807) is 30.3 Å². The highest BCUT2D eigenvalue weighted by molar-refractivity contribution is 6.36. The molecular weight excluding hydrogens is 395 g/mol. The van der Waals surface area contributed by atoms with Crippen molar-refractivity contribution >= 4 is 40.6 Å². The van der Waals surface area contributed by atoms with Gasteiger partial charge in [0.05, 0.1) is 12.1 Å². The van der Waals surface area contributed by atoms with Crippen LogP contribution in [-0.4, -0.2) is 34.7 Å². The molecule has 0 radical (unpaired) electrons. The van der Waals surface area contributed by atoms with Crippen molar-refractivity contribution in [3.63, 3.8) is 0 Å². The Bertz CT molecular complexity index is 947. The molecule has 2 heterocycles. The molecule has 2 aliphatic heterocycles. The maximum atomic E-state index is 13.3. The van der Waals surface area contributed by atoms with Crippen LogP contribution >= 0.6 is 23.2 Å². The number of hydrogen-bond acceptors (Lipinski definition) is 3. The van der Waals surface area contributed by atoms with Gasteiger partial charge < -0.3 is 4.90 Å². The highest BCUT2D eigenvalue weighted by Crippen LogP contribution is 2.35. The second-order valence-corrected chi connectivity index (χ2v) is 7.91. The first-order chi connectivity index (χ1) is 13.6. The van der Waals surface area contributed by atoms with Gasteiger partial charge in [0, 0.05) is 23.1 Å². The normalized spacial score (nSPS) is 17.6. The topological polar surface area (TPSA) is 40.6 Å². The SMILES string of the molecule is O=C1C(c2ccc(Cl)cc2)=C(N2CCCCC2)C(=O)N1Cc1ccccc1Cl. The van der Waals surface area contributed by atoms with Crippen molar-refractivity contribution in [2.75, 3.05) is 13.1 Å². The molecule has 0 N–H and O–H groups in total. The van der Waals surface area contributed by atoms with E-state index in [2.05, 4.69) is 4.90 Å². The Morgan fingerprint density at radius 1 is 0.821 bits per heavy atom. The molecule has 0 bridgehead atoms. The largest absolute Gasteiger partial charge is 0.366 e. The van der Waals surface area contributed by atoms with Crippen LogP contribution in [0.5, 0.6) is 0 Å². The van der Waals surface area contributed by atoms with Crippen molar-refractivity contribution in [2.45, 2.75) is 25.8 Å². The Morgan fingerprint density at radius 2 is 1.50 bits per heavy atom. The number of amides is 2. The molecule has 1 saturated heterocycles. The van der Waals surface area contributed by atoms with Gasteiger partial charge >= 0.3 is 0 Å². The zero-order chi connectivity index (χ0) is 19.7. The van der Waals surface area contributed by atoms with Crippen LogP contribution in [0.2, 0.25) is 10.0 Å². The minimum absolute atomic E-state index is 0.159. The smallest absolute Gasteiger partial charge is 0.278 e. The third-order valence-electron chi connectivity index (χ3n) is 5.24. The molecule has 0 saturated carbocycles. The summed E-state index contributed by atoms with van der Waals surface area (Å²) in [6, 6.07) is 14.4. The minimum atomic E-state index is -0.284. The number of likely N-dealkylation sites (tertiary alicyclic amines) is 1. The number of hydrogen-bond donors (Lipinski definition) is 0. The van der Waals surface area contributed by atoms with Crippen LogP contribution in [0.15, 0.2) is 54.2 Å². The number of rotatable bonds is 4. The van der Waals surface area contributed by atoms with Crippen LogP contribution in [0.3, 0.4) is 0 Å². The van der Waals surface area contributed by atoms with Crippen molar-refractivity contribution < 1.29 is 9.59 Å². The molecule has 0 atom stereocenters. The minimum Gasteiger partial charge on any atom is -0.366 e. The Kier molecular flexibility index (Phi) is 5.42. The lowest BCUT2D eigenvalue weighted by molar-refractivity contribution is -0.138. The summed E-state index contributed by atoms with van der Waals surface area (Å²) < 4.78 is 0. The molecule has 2 aromatic rings. The average Bonchev–Trinajstić information content (AvgIpc) is 2.95. The second-order valence-electron chi connectivity index (χ2n) is 7.07. The number of piperidine rings is 1. The first-order valence-electron chi connectivity index (χ1n) is 9.41. The molecule has 28 heavy (non-hydrogen) atoms.